The molecule has 16 heavy (non-hydrogen) atoms. The summed E-state index contributed by atoms with van der Waals surface area (Å²) < 4.78 is 4.40. The minimum Gasteiger partial charge on any atom is -0.467 e. The summed E-state index contributed by atoms with van der Waals surface area (Å²) in [5.41, 5.74) is -1.71. The lowest BCUT2D eigenvalue weighted by Crippen LogP contribution is -2.47. The van der Waals surface area contributed by atoms with Crippen LogP contribution in [-0.4, -0.2) is 36.2 Å². The summed E-state index contributed by atoms with van der Waals surface area (Å²) in [5, 5.41) is 13.9. The standard InChI is InChI=1S/C10H13NO4S/c1-10(14,9(13)15-2)6-11-8(12)7-4-3-5-16-7/h3-5,14H,6H2,1-2H3,(H,11,12)/t10-/m1/s1. The quantitative estimate of drug-likeness (QED) is 0.751. The molecule has 1 rings (SSSR count). The van der Waals surface area contributed by atoms with E-state index in [9.17, 15) is 14.7 Å². The summed E-state index contributed by atoms with van der Waals surface area (Å²) in [7, 11) is 1.18. The van der Waals surface area contributed by atoms with Crippen LogP contribution in [0.5, 0.6) is 0 Å². The Hall–Kier alpha value is -1.40. The van der Waals surface area contributed by atoms with Crippen LogP contribution in [0.3, 0.4) is 0 Å². The number of nitrogens with one attached hydrogen (secondary N) is 1. The summed E-state index contributed by atoms with van der Waals surface area (Å²) in [6.07, 6.45) is 0. The molecule has 2 N–H and O–H groups in total. The van der Waals surface area contributed by atoms with Gasteiger partial charge in [-0.1, -0.05) is 6.07 Å². The van der Waals surface area contributed by atoms with E-state index in [1.54, 1.807) is 17.5 Å². The lowest BCUT2D eigenvalue weighted by molar-refractivity contribution is -0.159. The van der Waals surface area contributed by atoms with Crippen LogP contribution in [0.25, 0.3) is 0 Å². The van der Waals surface area contributed by atoms with Gasteiger partial charge in [-0.15, -0.1) is 11.3 Å². The molecule has 0 aliphatic rings. The van der Waals surface area contributed by atoms with Crippen molar-refractivity contribution in [3.8, 4) is 0 Å². The van der Waals surface area contributed by atoms with Gasteiger partial charge in [0.25, 0.3) is 5.91 Å². The Balaban J connectivity index is 2.52. The Morgan fingerprint density at radius 3 is 2.81 bits per heavy atom. The molecule has 88 valence electrons. The number of rotatable bonds is 4. The Labute approximate surface area is 97.0 Å². The number of hydrogen-bond donors (Lipinski definition) is 2. The zero-order valence-electron chi connectivity index (χ0n) is 9.02. The summed E-state index contributed by atoms with van der Waals surface area (Å²) in [6, 6.07) is 3.41. The fraction of sp³-hybridized carbons (Fsp3) is 0.400. The molecule has 6 heteroatoms. The fourth-order valence-corrected chi connectivity index (χ4v) is 1.68. The maximum Gasteiger partial charge on any atom is 0.339 e. The van der Waals surface area contributed by atoms with Crippen LogP contribution < -0.4 is 5.32 Å². The smallest absolute Gasteiger partial charge is 0.339 e. The molecule has 1 heterocycles. The first-order valence-electron chi connectivity index (χ1n) is 4.60. The molecule has 0 bridgehead atoms. The Morgan fingerprint density at radius 1 is 1.62 bits per heavy atom. The second kappa shape index (κ2) is 5.09. The van der Waals surface area contributed by atoms with Gasteiger partial charge in [0.2, 0.25) is 0 Å². The summed E-state index contributed by atoms with van der Waals surface area (Å²) in [6.45, 7) is 1.10. The third-order valence-electron chi connectivity index (χ3n) is 1.96. The second-order valence-electron chi connectivity index (χ2n) is 3.43. The normalized spacial score (nSPS) is 13.9. The van der Waals surface area contributed by atoms with Crippen LogP contribution in [0.4, 0.5) is 0 Å². The van der Waals surface area contributed by atoms with Crippen molar-refractivity contribution >= 4 is 23.2 Å². The highest BCUT2D eigenvalue weighted by Gasteiger charge is 2.31. The molecule has 0 spiro atoms. The number of methoxy groups -OCH3 is 1. The second-order valence-corrected chi connectivity index (χ2v) is 4.37. The molecule has 0 radical (unpaired) electrons. The van der Waals surface area contributed by atoms with Crippen molar-refractivity contribution in [1.29, 1.82) is 0 Å². The van der Waals surface area contributed by atoms with Gasteiger partial charge in [0.05, 0.1) is 18.5 Å². The Kier molecular flexibility index (Phi) is 4.03. The minimum atomic E-state index is -1.71. The van der Waals surface area contributed by atoms with Gasteiger partial charge in [0, 0.05) is 0 Å². The molecule has 0 fully saturated rings. The van der Waals surface area contributed by atoms with Gasteiger partial charge in [0.1, 0.15) is 0 Å². The van der Waals surface area contributed by atoms with Crippen molar-refractivity contribution in [2.24, 2.45) is 0 Å². The zero-order chi connectivity index (χ0) is 12.2. The maximum absolute atomic E-state index is 11.5. The van der Waals surface area contributed by atoms with E-state index in [1.165, 1.54) is 25.4 Å². The third kappa shape index (κ3) is 3.04. The number of esters is 1. The third-order valence-corrected chi connectivity index (χ3v) is 2.83. The van der Waals surface area contributed by atoms with Crippen molar-refractivity contribution in [3.63, 3.8) is 0 Å². The summed E-state index contributed by atoms with van der Waals surface area (Å²) in [4.78, 5) is 23.1. The lowest BCUT2D eigenvalue weighted by Gasteiger charge is -2.20. The number of amides is 1. The van der Waals surface area contributed by atoms with Crippen molar-refractivity contribution in [2.45, 2.75) is 12.5 Å². The van der Waals surface area contributed by atoms with Crippen LogP contribution in [0, 0.1) is 0 Å². The average molecular weight is 243 g/mol. The molecule has 0 saturated heterocycles. The molecule has 0 aromatic carbocycles. The van der Waals surface area contributed by atoms with Crippen LogP contribution in [0.2, 0.25) is 0 Å². The van der Waals surface area contributed by atoms with Crippen LogP contribution in [0.15, 0.2) is 17.5 Å². The molecule has 1 atom stereocenters. The molecule has 0 unspecified atom stereocenters. The molecule has 1 aromatic rings. The monoisotopic (exact) mass is 243 g/mol. The average Bonchev–Trinajstić information content (AvgIpc) is 2.78. The van der Waals surface area contributed by atoms with Crippen molar-refractivity contribution in [3.05, 3.63) is 22.4 Å². The van der Waals surface area contributed by atoms with E-state index >= 15 is 0 Å². The van der Waals surface area contributed by atoms with E-state index in [0.29, 0.717) is 4.88 Å². The number of aliphatic hydroxyl groups is 1. The van der Waals surface area contributed by atoms with E-state index in [-0.39, 0.29) is 12.5 Å². The Morgan fingerprint density at radius 2 is 2.31 bits per heavy atom. The first-order chi connectivity index (χ1) is 7.47. The molecule has 1 aromatic heterocycles. The molecule has 1 amide bonds. The van der Waals surface area contributed by atoms with Gasteiger partial charge in [0.15, 0.2) is 5.60 Å². The molecule has 0 aliphatic carbocycles. The van der Waals surface area contributed by atoms with Gasteiger partial charge < -0.3 is 15.2 Å². The van der Waals surface area contributed by atoms with Gasteiger partial charge in [-0.25, -0.2) is 4.79 Å². The SMILES string of the molecule is COC(=O)[C@](C)(O)CNC(=O)c1cccs1. The first kappa shape index (κ1) is 12.7. The zero-order valence-corrected chi connectivity index (χ0v) is 9.84. The van der Waals surface area contributed by atoms with Crippen LogP contribution in [0.1, 0.15) is 16.6 Å². The lowest BCUT2D eigenvalue weighted by atomic mass is 10.1. The Bertz CT molecular complexity index is 372. The maximum atomic E-state index is 11.5. The number of carbonyl (C=O) groups is 2. The minimum absolute atomic E-state index is 0.184. The number of carbonyl (C=O) groups excluding carboxylic acids is 2. The van der Waals surface area contributed by atoms with E-state index in [2.05, 4.69) is 10.1 Å². The van der Waals surface area contributed by atoms with Gasteiger partial charge in [-0.3, -0.25) is 4.79 Å². The van der Waals surface area contributed by atoms with E-state index < -0.39 is 11.6 Å². The van der Waals surface area contributed by atoms with E-state index in [0.717, 1.165) is 0 Å². The van der Waals surface area contributed by atoms with E-state index in [4.69, 9.17) is 0 Å². The fourth-order valence-electron chi connectivity index (χ4n) is 1.04. The molecule has 5 nitrogen and oxygen atoms in total. The van der Waals surface area contributed by atoms with Gasteiger partial charge >= 0.3 is 5.97 Å². The number of thiophene rings is 1. The van der Waals surface area contributed by atoms with Gasteiger partial charge in [-0.2, -0.15) is 0 Å². The summed E-state index contributed by atoms with van der Waals surface area (Å²) in [5.74, 6) is -1.10. The highest BCUT2D eigenvalue weighted by atomic mass is 32.1. The summed E-state index contributed by atoms with van der Waals surface area (Å²) >= 11 is 1.29. The van der Waals surface area contributed by atoms with Gasteiger partial charge in [-0.05, 0) is 18.4 Å². The molecule has 0 aliphatic heterocycles. The predicted octanol–water partition coefficient (Wildman–Crippen LogP) is 0.402. The van der Waals surface area contributed by atoms with Crippen molar-refractivity contribution in [2.75, 3.05) is 13.7 Å². The molecular weight excluding hydrogens is 230 g/mol. The van der Waals surface area contributed by atoms with Crippen molar-refractivity contribution in [1.82, 2.24) is 5.32 Å². The van der Waals surface area contributed by atoms with Crippen molar-refractivity contribution < 1.29 is 19.4 Å². The topological polar surface area (TPSA) is 75.6 Å². The first-order valence-corrected chi connectivity index (χ1v) is 5.48. The van der Waals surface area contributed by atoms with E-state index in [1.807, 2.05) is 0 Å². The number of hydrogen-bond acceptors (Lipinski definition) is 5. The predicted molar refractivity (Wildman–Crippen MR) is 59.3 cm³/mol. The number of ether oxygens (including phenoxy) is 1. The highest BCUT2D eigenvalue weighted by Crippen LogP contribution is 2.09. The van der Waals surface area contributed by atoms with Crippen LogP contribution >= 0.6 is 11.3 Å². The molecule has 0 saturated carbocycles. The highest BCUT2D eigenvalue weighted by molar-refractivity contribution is 7.12. The molecular formula is C10H13NO4S. The largest absolute Gasteiger partial charge is 0.467 e. The van der Waals surface area contributed by atoms with Crippen LogP contribution in [-0.2, 0) is 9.53 Å².